The quantitative estimate of drug-likeness (QED) is 0.787. The number of carboxylic acid groups (broad SMARTS) is 1. The Kier molecular flexibility index (Phi) is 3.63. The Hall–Kier alpha value is -1.77. The molecule has 112 valence electrons. The summed E-state index contributed by atoms with van der Waals surface area (Å²) in [7, 11) is -1.97. The standard InChI is InChI=1S/C11H18N4O4S/c1-14-9(12)8(20(2,18)19)10(13-14)15-5-3-4-7(6-15)11(16)17/h7H,3-6,12H2,1-2H3,(H,16,17). The van der Waals surface area contributed by atoms with Gasteiger partial charge >= 0.3 is 5.97 Å². The SMILES string of the molecule is Cn1nc(N2CCCC(C(=O)O)C2)c(S(C)(=O)=O)c1N. The summed E-state index contributed by atoms with van der Waals surface area (Å²) in [5.41, 5.74) is 5.77. The number of nitrogens with two attached hydrogens (primary N) is 1. The minimum atomic E-state index is -3.53. The lowest BCUT2D eigenvalue weighted by Gasteiger charge is -2.31. The third-order valence-electron chi connectivity index (χ3n) is 3.47. The molecule has 0 spiro atoms. The summed E-state index contributed by atoms with van der Waals surface area (Å²) >= 11 is 0. The molecule has 2 rings (SSSR count). The number of sulfone groups is 1. The van der Waals surface area contributed by atoms with Gasteiger partial charge in [0.05, 0.1) is 5.92 Å². The molecule has 1 unspecified atom stereocenters. The highest BCUT2D eigenvalue weighted by Crippen LogP contribution is 2.32. The predicted octanol–water partition coefficient (Wildman–Crippen LogP) is -0.293. The van der Waals surface area contributed by atoms with Crippen LogP contribution >= 0.6 is 0 Å². The van der Waals surface area contributed by atoms with Gasteiger partial charge in [0.2, 0.25) is 0 Å². The summed E-state index contributed by atoms with van der Waals surface area (Å²) in [5, 5.41) is 13.2. The van der Waals surface area contributed by atoms with Crippen molar-refractivity contribution in [1.82, 2.24) is 9.78 Å². The minimum absolute atomic E-state index is 0.0222. The number of nitrogen functional groups attached to an aromatic ring is 1. The Morgan fingerprint density at radius 2 is 2.15 bits per heavy atom. The van der Waals surface area contributed by atoms with Crippen LogP contribution in [0.3, 0.4) is 0 Å². The van der Waals surface area contributed by atoms with Crippen molar-refractivity contribution in [3.8, 4) is 0 Å². The second-order valence-corrected chi connectivity index (χ2v) is 7.01. The zero-order chi connectivity index (χ0) is 15.1. The summed E-state index contributed by atoms with van der Waals surface area (Å²) in [6, 6.07) is 0. The number of aliphatic carboxylic acids is 1. The van der Waals surface area contributed by atoms with Gasteiger partial charge in [-0.15, -0.1) is 0 Å². The van der Waals surface area contributed by atoms with Crippen molar-refractivity contribution < 1.29 is 18.3 Å². The Labute approximate surface area is 117 Å². The van der Waals surface area contributed by atoms with E-state index in [1.807, 2.05) is 0 Å². The molecular weight excluding hydrogens is 284 g/mol. The largest absolute Gasteiger partial charge is 0.481 e. The van der Waals surface area contributed by atoms with Crippen molar-refractivity contribution in [3.63, 3.8) is 0 Å². The van der Waals surface area contributed by atoms with E-state index < -0.39 is 21.7 Å². The Bertz CT molecular complexity index is 637. The van der Waals surface area contributed by atoms with Crippen LogP contribution < -0.4 is 10.6 Å². The van der Waals surface area contributed by atoms with Crippen LogP contribution in [0.4, 0.5) is 11.6 Å². The molecule has 2 heterocycles. The van der Waals surface area contributed by atoms with Gasteiger partial charge in [-0.1, -0.05) is 0 Å². The van der Waals surface area contributed by atoms with Crippen molar-refractivity contribution >= 4 is 27.4 Å². The molecule has 0 bridgehead atoms. The summed E-state index contributed by atoms with van der Waals surface area (Å²) < 4.78 is 25.0. The van der Waals surface area contributed by atoms with Crippen LogP contribution in [0.25, 0.3) is 0 Å². The van der Waals surface area contributed by atoms with Gasteiger partial charge in [0.1, 0.15) is 5.82 Å². The van der Waals surface area contributed by atoms with Gasteiger partial charge in [0, 0.05) is 26.4 Å². The zero-order valence-corrected chi connectivity index (χ0v) is 12.2. The monoisotopic (exact) mass is 302 g/mol. The van der Waals surface area contributed by atoms with Crippen molar-refractivity contribution in [2.45, 2.75) is 17.7 Å². The summed E-state index contributed by atoms with van der Waals surface area (Å²) in [6.45, 7) is 0.817. The fourth-order valence-electron chi connectivity index (χ4n) is 2.44. The van der Waals surface area contributed by atoms with E-state index in [2.05, 4.69) is 5.10 Å². The first-order chi connectivity index (χ1) is 9.21. The lowest BCUT2D eigenvalue weighted by Crippen LogP contribution is -2.39. The Morgan fingerprint density at radius 1 is 1.50 bits per heavy atom. The second kappa shape index (κ2) is 4.97. The second-order valence-electron chi connectivity index (χ2n) is 5.06. The van der Waals surface area contributed by atoms with Gasteiger partial charge in [-0.05, 0) is 12.8 Å². The molecule has 1 fully saturated rings. The van der Waals surface area contributed by atoms with Crippen LogP contribution in [0.1, 0.15) is 12.8 Å². The van der Waals surface area contributed by atoms with E-state index >= 15 is 0 Å². The van der Waals surface area contributed by atoms with Crippen LogP contribution in [-0.2, 0) is 21.7 Å². The van der Waals surface area contributed by atoms with E-state index in [9.17, 15) is 13.2 Å². The van der Waals surface area contributed by atoms with Crippen molar-refractivity contribution in [1.29, 1.82) is 0 Å². The number of piperidine rings is 1. The number of aryl methyl sites for hydroxylation is 1. The number of nitrogens with zero attached hydrogens (tertiary/aromatic N) is 3. The van der Waals surface area contributed by atoms with Gasteiger partial charge in [-0.25, -0.2) is 13.1 Å². The normalized spacial score (nSPS) is 20.1. The highest BCUT2D eigenvalue weighted by molar-refractivity contribution is 7.91. The third-order valence-corrected chi connectivity index (χ3v) is 4.60. The van der Waals surface area contributed by atoms with Crippen molar-refractivity contribution in [3.05, 3.63) is 0 Å². The fraction of sp³-hybridized carbons (Fsp3) is 0.636. The zero-order valence-electron chi connectivity index (χ0n) is 11.4. The van der Waals surface area contributed by atoms with Crippen LogP contribution in [0.15, 0.2) is 4.90 Å². The predicted molar refractivity (Wildman–Crippen MR) is 73.3 cm³/mol. The lowest BCUT2D eigenvalue weighted by molar-refractivity contribution is -0.141. The van der Waals surface area contributed by atoms with Crippen LogP contribution in [0.2, 0.25) is 0 Å². The molecule has 3 N–H and O–H groups in total. The molecule has 1 aliphatic heterocycles. The Balaban J connectivity index is 2.43. The summed E-state index contributed by atoms with van der Waals surface area (Å²) in [5.74, 6) is -1.07. The van der Waals surface area contributed by atoms with Gasteiger partial charge in [0.15, 0.2) is 20.6 Å². The van der Waals surface area contributed by atoms with E-state index in [-0.39, 0.29) is 23.1 Å². The van der Waals surface area contributed by atoms with Gasteiger partial charge in [-0.2, -0.15) is 5.10 Å². The molecule has 1 aliphatic rings. The molecule has 0 radical (unpaired) electrons. The number of anilines is 2. The Morgan fingerprint density at radius 3 is 2.70 bits per heavy atom. The van der Waals surface area contributed by atoms with Crippen molar-refractivity contribution in [2.75, 3.05) is 30.0 Å². The van der Waals surface area contributed by atoms with Gasteiger partial charge < -0.3 is 15.7 Å². The number of carbonyl (C=O) groups is 1. The number of hydrogen-bond acceptors (Lipinski definition) is 6. The van der Waals surface area contributed by atoms with E-state index in [1.165, 1.54) is 4.68 Å². The van der Waals surface area contributed by atoms with Crippen molar-refractivity contribution in [2.24, 2.45) is 13.0 Å². The maximum absolute atomic E-state index is 11.9. The van der Waals surface area contributed by atoms with Gasteiger partial charge in [-0.3, -0.25) is 4.79 Å². The first-order valence-corrected chi connectivity index (χ1v) is 8.11. The molecule has 1 aromatic heterocycles. The molecule has 1 aromatic rings. The molecule has 0 aromatic carbocycles. The first kappa shape index (κ1) is 14.6. The average Bonchev–Trinajstić information content (AvgIpc) is 2.65. The highest BCUT2D eigenvalue weighted by Gasteiger charge is 2.32. The maximum atomic E-state index is 11.9. The number of rotatable bonds is 3. The molecule has 8 nitrogen and oxygen atoms in total. The molecule has 0 aliphatic carbocycles. The molecule has 20 heavy (non-hydrogen) atoms. The van der Waals surface area contributed by atoms with Crippen LogP contribution in [-0.4, -0.2) is 48.6 Å². The molecule has 1 saturated heterocycles. The van der Waals surface area contributed by atoms with Crippen LogP contribution in [0.5, 0.6) is 0 Å². The van der Waals surface area contributed by atoms with Gasteiger partial charge in [0.25, 0.3) is 0 Å². The van der Waals surface area contributed by atoms with Crippen LogP contribution in [0, 0.1) is 5.92 Å². The van der Waals surface area contributed by atoms with E-state index in [1.54, 1.807) is 11.9 Å². The topological polar surface area (TPSA) is 119 Å². The molecule has 1 atom stereocenters. The smallest absolute Gasteiger partial charge is 0.308 e. The molecule has 9 heteroatoms. The minimum Gasteiger partial charge on any atom is -0.481 e. The summed E-state index contributed by atoms with van der Waals surface area (Å²) in [6.07, 6.45) is 2.33. The van der Waals surface area contributed by atoms with E-state index in [0.717, 1.165) is 6.26 Å². The van der Waals surface area contributed by atoms with E-state index in [0.29, 0.717) is 19.4 Å². The highest BCUT2D eigenvalue weighted by atomic mass is 32.2. The number of carboxylic acids is 1. The first-order valence-electron chi connectivity index (χ1n) is 6.22. The third kappa shape index (κ3) is 2.58. The number of hydrogen-bond donors (Lipinski definition) is 2. The van der Waals surface area contributed by atoms with E-state index in [4.69, 9.17) is 10.8 Å². The maximum Gasteiger partial charge on any atom is 0.308 e. The molecule has 0 amide bonds. The summed E-state index contributed by atoms with van der Waals surface area (Å²) in [4.78, 5) is 12.8. The lowest BCUT2D eigenvalue weighted by atomic mass is 9.98. The average molecular weight is 302 g/mol. The molecule has 0 saturated carbocycles. The fourth-order valence-corrected chi connectivity index (χ4v) is 3.45. The molecular formula is C11H18N4O4S. The number of aromatic nitrogens is 2.